The number of pyridine rings is 2. The Hall–Kier alpha value is -8.60. The highest BCUT2D eigenvalue weighted by Crippen LogP contribution is 2.46. The van der Waals surface area contributed by atoms with Gasteiger partial charge >= 0.3 is 11.9 Å². The summed E-state index contributed by atoms with van der Waals surface area (Å²) >= 11 is 0. The van der Waals surface area contributed by atoms with E-state index in [4.69, 9.17) is 14.5 Å². The third-order valence-corrected chi connectivity index (χ3v) is 15.5. The number of ether oxygens (including phenoxy) is 2. The van der Waals surface area contributed by atoms with Crippen molar-refractivity contribution in [3.63, 3.8) is 0 Å². The van der Waals surface area contributed by atoms with E-state index in [1.807, 2.05) is 0 Å². The van der Waals surface area contributed by atoms with Gasteiger partial charge in [-0.3, -0.25) is 57.6 Å². The minimum Gasteiger partial charge on any atom is -0.460 e. The van der Waals surface area contributed by atoms with E-state index in [0.717, 1.165) is 22.6 Å². The number of nitrogens with zero attached hydrogens (tertiary/aromatic N) is 3. The number of hydrogen-bond acceptors (Lipinski definition) is 16. The molecule has 2 aromatic heterocycles. The summed E-state index contributed by atoms with van der Waals surface area (Å²) in [5.74, 6) is -8.32. The standard InChI is InChI=1S/C61H68FN7O15/c1-6-61(82)41-28-46-56-39(31-69(46)58(80)40(41)32-83-59(61)81)55-43(16-15-38-33(2)42(62)29-45(67-56)54(38)55)65-49(74)13-10-23-63-48(73)19-17-47(72)44(25-34-11-8-7-9-12-34)66-50(75)18-14-37(71)30-64-57(79)35(27-53(78)84-60(3,4)5)26-36(70)22-24-68-51(76)20-21-52(68)77/h7-9,11-12,20-21,28-29,35,43-44,82H,6,10,13-19,22-27,30-32H2,1-5H3,(H,63,73)(H,64,79)(H,65,74)(H,66,75)/t35-,43-,44-,61-/m0/s1. The molecule has 23 heteroatoms. The quantitative estimate of drug-likeness (QED) is 0.0300. The number of aliphatic hydroxyl groups is 1. The number of amides is 6. The van der Waals surface area contributed by atoms with Crippen LogP contribution in [0.15, 0.2) is 59.4 Å². The van der Waals surface area contributed by atoms with Crippen LogP contribution in [0.25, 0.3) is 22.3 Å². The van der Waals surface area contributed by atoms with Gasteiger partial charge < -0.3 is 40.4 Å². The molecule has 2 aromatic carbocycles. The van der Waals surface area contributed by atoms with Crippen LogP contribution in [0.5, 0.6) is 0 Å². The van der Waals surface area contributed by atoms with Crippen molar-refractivity contribution >= 4 is 75.6 Å². The molecule has 444 valence electrons. The molecular weight excluding hydrogens is 1090 g/mol. The summed E-state index contributed by atoms with van der Waals surface area (Å²) in [6, 6.07) is 10.1. The molecule has 5 N–H and O–H groups in total. The number of aromatic nitrogens is 2. The lowest BCUT2D eigenvalue weighted by Gasteiger charge is -2.31. The van der Waals surface area contributed by atoms with Gasteiger partial charge in [0.15, 0.2) is 17.2 Å². The topological polar surface area (TPSA) is 313 Å². The summed E-state index contributed by atoms with van der Waals surface area (Å²) in [6.45, 7) is 7.24. The van der Waals surface area contributed by atoms with Gasteiger partial charge in [0.05, 0.1) is 60.0 Å². The van der Waals surface area contributed by atoms with Crippen LogP contribution >= 0.6 is 0 Å². The maximum atomic E-state index is 15.4. The number of Topliss-reactive ketones (excluding diaryl/α,β-unsaturated/α-hetero) is 3. The molecule has 4 aliphatic rings. The molecule has 0 fully saturated rings. The lowest BCUT2D eigenvalue weighted by Crippen LogP contribution is -2.44. The lowest BCUT2D eigenvalue weighted by atomic mass is 9.81. The molecule has 8 rings (SSSR count). The Bertz CT molecular complexity index is 3460. The lowest BCUT2D eigenvalue weighted by molar-refractivity contribution is -0.172. The highest BCUT2D eigenvalue weighted by Gasteiger charge is 2.46. The van der Waals surface area contributed by atoms with Crippen LogP contribution in [0.3, 0.4) is 0 Å². The number of cyclic esters (lactones) is 1. The summed E-state index contributed by atoms with van der Waals surface area (Å²) < 4.78 is 27.5. The fourth-order valence-corrected chi connectivity index (χ4v) is 11.1. The molecular formula is C61H68FN7O15. The van der Waals surface area contributed by atoms with Crippen LogP contribution in [-0.2, 0) is 93.8 Å². The monoisotopic (exact) mass is 1160 g/mol. The number of esters is 2. The number of ketones is 3. The highest BCUT2D eigenvalue weighted by atomic mass is 19.1. The molecule has 4 atom stereocenters. The maximum absolute atomic E-state index is 15.4. The maximum Gasteiger partial charge on any atom is 0.343 e. The molecule has 1 aliphatic carbocycles. The first-order chi connectivity index (χ1) is 39.8. The third kappa shape index (κ3) is 14.1. The number of hydrogen-bond donors (Lipinski definition) is 5. The number of rotatable bonds is 26. The SMILES string of the molecule is CC[C@@]1(O)C(=O)OCc2c1cc1n(c2=O)Cc2c-1nc1cc(F)c(C)c3c1c2[C@@H](NC(=O)CCCNC(=O)CCC(=O)[C@H](Cc1ccccc1)NC(=O)CCC(=O)CNC(=O)[C@@H](CC(=O)CCN1C(=O)C=CC1=O)CC(=O)OC(C)(C)C)CC3. The fraction of sp³-hybridized carbons (Fsp3) is 0.459. The van der Waals surface area contributed by atoms with Crippen LogP contribution < -0.4 is 26.8 Å². The van der Waals surface area contributed by atoms with Gasteiger partial charge in [-0.1, -0.05) is 37.3 Å². The average molecular weight is 1160 g/mol. The number of benzene rings is 2. The van der Waals surface area contributed by atoms with E-state index in [2.05, 4.69) is 21.3 Å². The van der Waals surface area contributed by atoms with E-state index in [-0.39, 0.29) is 101 Å². The van der Waals surface area contributed by atoms with Gasteiger partial charge in [0.1, 0.15) is 23.8 Å². The van der Waals surface area contributed by atoms with Crippen molar-refractivity contribution in [3.8, 4) is 11.4 Å². The highest BCUT2D eigenvalue weighted by molar-refractivity contribution is 6.13. The minimum atomic E-state index is -2.05. The first-order valence-corrected chi connectivity index (χ1v) is 28.2. The van der Waals surface area contributed by atoms with Gasteiger partial charge in [-0.25, -0.2) is 14.2 Å². The van der Waals surface area contributed by atoms with Crippen LogP contribution in [0.4, 0.5) is 4.39 Å². The summed E-state index contributed by atoms with van der Waals surface area (Å²) in [5, 5.41) is 23.0. The van der Waals surface area contributed by atoms with Crippen LogP contribution in [0, 0.1) is 18.7 Å². The predicted octanol–water partition coefficient (Wildman–Crippen LogP) is 3.69. The number of nitrogens with one attached hydrogen (secondary N) is 4. The van der Waals surface area contributed by atoms with E-state index >= 15 is 4.39 Å². The van der Waals surface area contributed by atoms with Crippen molar-refractivity contribution < 1.29 is 71.7 Å². The Morgan fingerprint density at radius 3 is 2.27 bits per heavy atom. The molecule has 0 spiro atoms. The van der Waals surface area contributed by atoms with Crippen molar-refractivity contribution in [2.24, 2.45) is 5.92 Å². The Kier molecular flexibility index (Phi) is 19.0. The molecule has 0 bridgehead atoms. The molecule has 0 saturated carbocycles. The molecule has 0 unspecified atom stereocenters. The van der Waals surface area contributed by atoms with Crippen LogP contribution in [0.1, 0.15) is 143 Å². The molecule has 5 heterocycles. The van der Waals surface area contributed by atoms with Gasteiger partial charge in [-0.05, 0) is 88.1 Å². The van der Waals surface area contributed by atoms with E-state index < -0.39 is 119 Å². The zero-order chi connectivity index (χ0) is 60.8. The van der Waals surface area contributed by atoms with Gasteiger partial charge in [-0.2, -0.15) is 0 Å². The third-order valence-electron chi connectivity index (χ3n) is 15.5. The predicted molar refractivity (Wildman–Crippen MR) is 298 cm³/mol. The first-order valence-electron chi connectivity index (χ1n) is 28.2. The van der Waals surface area contributed by atoms with Gasteiger partial charge in [0.25, 0.3) is 17.4 Å². The van der Waals surface area contributed by atoms with Crippen molar-refractivity contribution in [1.29, 1.82) is 0 Å². The van der Waals surface area contributed by atoms with E-state index in [1.165, 1.54) is 10.6 Å². The van der Waals surface area contributed by atoms with Crippen LogP contribution in [-0.4, -0.2) is 116 Å². The normalized spacial score (nSPS) is 17.3. The van der Waals surface area contributed by atoms with Gasteiger partial charge in [-0.15, -0.1) is 0 Å². The van der Waals surface area contributed by atoms with Gasteiger partial charge in [0.2, 0.25) is 23.6 Å². The molecule has 3 aliphatic heterocycles. The summed E-state index contributed by atoms with van der Waals surface area (Å²) in [5.41, 5.74) is 1.17. The number of carbonyl (C=O) groups excluding carboxylic acids is 11. The van der Waals surface area contributed by atoms with Crippen molar-refractivity contribution in [3.05, 3.63) is 110 Å². The van der Waals surface area contributed by atoms with Crippen molar-refractivity contribution in [2.75, 3.05) is 19.6 Å². The number of carbonyl (C=O) groups is 11. The zero-order valence-corrected chi connectivity index (χ0v) is 47.5. The largest absolute Gasteiger partial charge is 0.460 e. The van der Waals surface area contributed by atoms with Gasteiger partial charge in [0, 0.05) is 92.8 Å². The smallest absolute Gasteiger partial charge is 0.343 e. The summed E-state index contributed by atoms with van der Waals surface area (Å²) in [6.07, 6.45) is 0.810. The van der Waals surface area contributed by atoms with Crippen molar-refractivity contribution in [1.82, 2.24) is 35.7 Å². The first kappa shape index (κ1) is 61.5. The zero-order valence-electron chi connectivity index (χ0n) is 47.5. The molecule has 0 radical (unpaired) electrons. The van der Waals surface area contributed by atoms with Crippen LogP contribution in [0.2, 0.25) is 0 Å². The molecule has 4 aromatic rings. The Balaban J connectivity index is 0.820. The van der Waals surface area contributed by atoms with E-state index in [1.54, 1.807) is 71.0 Å². The summed E-state index contributed by atoms with van der Waals surface area (Å²) in [4.78, 5) is 162. The summed E-state index contributed by atoms with van der Waals surface area (Å²) in [7, 11) is 0. The second-order valence-electron chi connectivity index (χ2n) is 22.6. The van der Waals surface area contributed by atoms with Crippen molar-refractivity contribution in [2.45, 2.75) is 155 Å². The number of fused-ring (bicyclic) bond motifs is 5. The average Bonchev–Trinajstić information content (AvgIpc) is 1.52. The Labute approximate surface area is 482 Å². The Morgan fingerprint density at radius 2 is 1.57 bits per heavy atom. The number of halogens is 1. The number of imide groups is 1. The fourth-order valence-electron chi connectivity index (χ4n) is 11.1. The molecule has 6 amide bonds. The molecule has 84 heavy (non-hydrogen) atoms. The Morgan fingerprint density at radius 1 is 0.857 bits per heavy atom. The van der Waals surface area contributed by atoms with E-state index in [9.17, 15) is 62.6 Å². The minimum absolute atomic E-state index is 0.000252. The molecule has 0 saturated heterocycles. The second kappa shape index (κ2) is 25.9. The number of aryl methyl sites for hydroxylation is 1. The van der Waals surface area contributed by atoms with E-state index in [0.29, 0.717) is 57.4 Å². The molecule has 22 nitrogen and oxygen atoms in total. The second-order valence-corrected chi connectivity index (χ2v) is 22.6.